The van der Waals surface area contributed by atoms with E-state index in [9.17, 15) is 30.4 Å². The number of aliphatic hydroxyl groups is 2. The molecule has 2 aliphatic rings. The number of hydrogen-bond acceptors (Lipinski definition) is 8. The number of aliphatic hydroxyl groups excluding tert-OH is 2. The van der Waals surface area contributed by atoms with Crippen molar-refractivity contribution >= 4 is 23.5 Å². The van der Waals surface area contributed by atoms with Crippen molar-refractivity contribution in [3.63, 3.8) is 0 Å². The Morgan fingerprint density at radius 2 is 0.850 bits per heavy atom. The summed E-state index contributed by atoms with van der Waals surface area (Å²) < 4.78 is 0. The molecule has 0 saturated carbocycles. The zero-order valence-electron chi connectivity index (χ0n) is 21.1. The maximum Gasteiger partial charge on any atom is 0.258 e. The highest BCUT2D eigenvalue weighted by Gasteiger charge is 2.46. The molecule has 0 radical (unpaired) electrons. The van der Waals surface area contributed by atoms with Crippen molar-refractivity contribution < 1.29 is 20.1 Å². The Bertz CT molecular complexity index is 1380. The van der Waals surface area contributed by atoms with Gasteiger partial charge in [-0.2, -0.15) is 0 Å². The SMILES string of the molecule is O=[N+]([O-])[C@@H]1[C@H](O)c2ccccc2S[C@H]1c1ccccc1.O=[N+]([O-])[C@@H]1[C@H](O)c2ccccc2S[C@H]1c1ccccc1. The third kappa shape index (κ3) is 5.62. The third-order valence-corrected chi connectivity index (χ3v) is 9.85. The summed E-state index contributed by atoms with van der Waals surface area (Å²) in [5, 5.41) is 42.8. The fourth-order valence-electron chi connectivity index (χ4n) is 5.04. The van der Waals surface area contributed by atoms with Gasteiger partial charge in [-0.3, -0.25) is 20.2 Å². The predicted molar refractivity (Wildman–Crippen MR) is 154 cm³/mol. The predicted octanol–water partition coefficient (Wildman–Crippen LogP) is 6.42. The van der Waals surface area contributed by atoms with Gasteiger partial charge in [0.1, 0.15) is 22.7 Å². The zero-order chi connectivity index (χ0) is 28.2. The monoisotopic (exact) mass is 574 g/mol. The van der Waals surface area contributed by atoms with Crippen molar-refractivity contribution in [2.24, 2.45) is 0 Å². The highest BCUT2D eigenvalue weighted by Crippen LogP contribution is 2.50. The first-order valence-corrected chi connectivity index (χ1v) is 14.4. The Morgan fingerprint density at radius 1 is 0.525 bits per heavy atom. The van der Waals surface area contributed by atoms with Crippen LogP contribution < -0.4 is 0 Å². The van der Waals surface area contributed by atoms with Gasteiger partial charge in [-0.25, -0.2) is 0 Å². The average molecular weight is 575 g/mol. The fourth-order valence-corrected chi connectivity index (χ4v) is 7.92. The van der Waals surface area contributed by atoms with Crippen LogP contribution in [0.5, 0.6) is 0 Å². The molecule has 6 atom stereocenters. The molecular formula is C30H26N2O6S2. The first-order valence-electron chi connectivity index (χ1n) is 12.6. The van der Waals surface area contributed by atoms with Crippen molar-refractivity contribution in [2.75, 3.05) is 0 Å². The van der Waals surface area contributed by atoms with Crippen LogP contribution in [-0.2, 0) is 0 Å². The van der Waals surface area contributed by atoms with Gasteiger partial charge in [0.15, 0.2) is 0 Å². The van der Waals surface area contributed by atoms with E-state index in [4.69, 9.17) is 0 Å². The van der Waals surface area contributed by atoms with Crippen LogP contribution in [0.25, 0.3) is 0 Å². The van der Waals surface area contributed by atoms with Gasteiger partial charge in [0, 0.05) is 30.8 Å². The molecule has 0 aliphatic carbocycles. The van der Waals surface area contributed by atoms with E-state index < -0.39 is 24.3 Å². The van der Waals surface area contributed by atoms with Crippen LogP contribution >= 0.6 is 23.5 Å². The van der Waals surface area contributed by atoms with Crippen molar-refractivity contribution in [1.29, 1.82) is 0 Å². The Morgan fingerprint density at radius 3 is 1.20 bits per heavy atom. The third-order valence-electron chi connectivity index (χ3n) is 6.99. The lowest BCUT2D eigenvalue weighted by molar-refractivity contribution is -0.536. The van der Waals surface area contributed by atoms with E-state index in [0.717, 1.165) is 20.9 Å². The molecule has 0 saturated heterocycles. The largest absolute Gasteiger partial charge is 0.381 e. The van der Waals surface area contributed by atoms with Crippen molar-refractivity contribution in [3.05, 3.63) is 152 Å². The van der Waals surface area contributed by atoms with Crippen molar-refractivity contribution in [2.45, 2.75) is 44.6 Å². The molecule has 0 fully saturated rings. The van der Waals surface area contributed by atoms with Crippen LogP contribution in [0.3, 0.4) is 0 Å². The maximum atomic E-state index is 11.4. The van der Waals surface area contributed by atoms with Gasteiger partial charge < -0.3 is 10.2 Å². The van der Waals surface area contributed by atoms with E-state index in [2.05, 4.69) is 0 Å². The van der Waals surface area contributed by atoms with Crippen LogP contribution in [0.15, 0.2) is 119 Å². The van der Waals surface area contributed by atoms with Gasteiger partial charge in [0.2, 0.25) is 0 Å². The van der Waals surface area contributed by atoms with Crippen molar-refractivity contribution in [1.82, 2.24) is 0 Å². The maximum absolute atomic E-state index is 11.4. The van der Waals surface area contributed by atoms with E-state index >= 15 is 0 Å². The second-order valence-corrected chi connectivity index (χ2v) is 11.8. The molecule has 2 heterocycles. The summed E-state index contributed by atoms with van der Waals surface area (Å²) in [6.45, 7) is 0. The molecule has 2 N–H and O–H groups in total. The molecule has 10 heteroatoms. The van der Waals surface area contributed by atoms with E-state index in [1.807, 2.05) is 84.9 Å². The van der Waals surface area contributed by atoms with Crippen LogP contribution in [0.1, 0.15) is 45.0 Å². The number of benzene rings is 4. The first kappa shape index (κ1) is 27.9. The number of hydrogen-bond donors (Lipinski definition) is 2. The number of rotatable bonds is 4. The highest BCUT2D eigenvalue weighted by molar-refractivity contribution is 8.00. The highest BCUT2D eigenvalue weighted by atomic mass is 32.2. The molecule has 0 aromatic heterocycles. The Hall–Kier alpha value is -3.70. The number of nitrogens with zero attached hydrogens (tertiary/aromatic N) is 2. The number of thioether (sulfide) groups is 2. The molecule has 0 amide bonds. The van der Waals surface area contributed by atoms with E-state index in [1.165, 1.54) is 23.5 Å². The summed E-state index contributed by atoms with van der Waals surface area (Å²) in [7, 11) is 0. The smallest absolute Gasteiger partial charge is 0.258 e. The van der Waals surface area contributed by atoms with Gasteiger partial charge in [-0.1, -0.05) is 97.1 Å². The van der Waals surface area contributed by atoms with E-state index in [-0.39, 0.29) is 20.3 Å². The van der Waals surface area contributed by atoms with Crippen molar-refractivity contribution in [3.8, 4) is 0 Å². The normalized spacial score (nSPS) is 24.9. The van der Waals surface area contributed by atoms with Gasteiger partial charge >= 0.3 is 0 Å². The molecule has 6 rings (SSSR count). The van der Waals surface area contributed by atoms with Crippen LogP contribution in [-0.4, -0.2) is 32.1 Å². The quantitative estimate of drug-likeness (QED) is 0.211. The molecular weight excluding hydrogens is 548 g/mol. The van der Waals surface area contributed by atoms with Crippen LogP contribution in [0.4, 0.5) is 0 Å². The molecule has 4 aromatic carbocycles. The summed E-state index contributed by atoms with van der Waals surface area (Å²) in [6.07, 6.45) is -2.15. The second kappa shape index (κ2) is 12.2. The van der Waals surface area contributed by atoms with Crippen LogP contribution in [0, 0.1) is 20.2 Å². The summed E-state index contributed by atoms with van der Waals surface area (Å²) in [4.78, 5) is 23.9. The van der Waals surface area contributed by atoms with Gasteiger partial charge in [0.05, 0.1) is 0 Å². The molecule has 0 unspecified atom stereocenters. The minimum absolute atomic E-state index is 0.370. The Labute approximate surface area is 239 Å². The summed E-state index contributed by atoms with van der Waals surface area (Å²) in [5.41, 5.74) is 3.03. The number of nitro groups is 2. The fraction of sp³-hybridized carbons (Fsp3) is 0.200. The molecule has 204 valence electrons. The second-order valence-electron chi connectivity index (χ2n) is 9.42. The molecule has 4 aromatic rings. The molecule has 8 nitrogen and oxygen atoms in total. The molecule has 2 aliphatic heterocycles. The topological polar surface area (TPSA) is 127 Å². The van der Waals surface area contributed by atoms with Gasteiger partial charge in [-0.15, -0.1) is 23.5 Å². The lowest BCUT2D eigenvalue weighted by Crippen LogP contribution is -2.35. The zero-order valence-corrected chi connectivity index (χ0v) is 22.7. The summed E-state index contributed by atoms with van der Waals surface area (Å²) >= 11 is 2.90. The number of fused-ring (bicyclic) bond motifs is 2. The van der Waals surface area contributed by atoms with E-state index in [0.29, 0.717) is 11.1 Å². The summed E-state index contributed by atoms with van der Waals surface area (Å²) in [6, 6.07) is 31.3. The Balaban J connectivity index is 0.000000161. The van der Waals surface area contributed by atoms with Crippen LogP contribution in [0.2, 0.25) is 0 Å². The molecule has 40 heavy (non-hydrogen) atoms. The first-order chi connectivity index (χ1) is 19.4. The summed E-state index contributed by atoms with van der Waals surface area (Å²) in [5.74, 6) is 0. The van der Waals surface area contributed by atoms with E-state index in [1.54, 1.807) is 24.3 Å². The van der Waals surface area contributed by atoms with Gasteiger partial charge in [0.25, 0.3) is 12.1 Å². The Kier molecular flexibility index (Phi) is 8.51. The lowest BCUT2D eigenvalue weighted by atomic mass is 9.95. The standard InChI is InChI=1S/2C15H13NO3S/c2*17-14-11-8-4-5-9-12(11)20-15(13(14)16(18)19)10-6-2-1-3-7-10/h2*1-9,13-15,17H/t2*13-,14-,15+/m11/s1. The molecule has 0 spiro atoms. The lowest BCUT2D eigenvalue weighted by Gasteiger charge is -2.31. The minimum atomic E-state index is -1.08. The minimum Gasteiger partial charge on any atom is -0.381 e. The van der Waals surface area contributed by atoms with Gasteiger partial charge in [-0.05, 0) is 23.3 Å². The molecule has 0 bridgehead atoms. The average Bonchev–Trinajstić information content (AvgIpc) is 2.98.